The van der Waals surface area contributed by atoms with Crippen molar-refractivity contribution in [3.8, 4) is 0 Å². The molecule has 3 heteroatoms. The molecule has 0 saturated carbocycles. The van der Waals surface area contributed by atoms with Crippen molar-refractivity contribution in [2.45, 2.75) is 19.3 Å². The van der Waals surface area contributed by atoms with Crippen LogP contribution in [0.1, 0.15) is 18.4 Å². The minimum atomic E-state index is 0.126. The van der Waals surface area contributed by atoms with E-state index in [-0.39, 0.29) is 5.91 Å². The van der Waals surface area contributed by atoms with Crippen LogP contribution in [0.5, 0.6) is 0 Å². The normalized spacial score (nSPS) is 11.6. The first-order chi connectivity index (χ1) is 12.3. The Bertz CT molecular complexity index is 1020. The number of hydrogen-bond acceptors (Lipinski definition) is 1. The molecule has 0 heterocycles. The van der Waals surface area contributed by atoms with E-state index in [1.165, 1.54) is 37.9 Å². The summed E-state index contributed by atoms with van der Waals surface area (Å²) in [5.74, 6) is 0.126. The zero-order valence-electron chi connectivity index (χ0n) is 14.3. The molecule has 0 bridgehead atoms. The van der Waals surface area contributed by atoms with Crippen LogP contribution in [-0.2, 0) is 11.2 Å². The highest BCUT2D eigenvalue weighted by molar-refractivity contribution is 6.23. The van der Waals surface area contributed by atoms with Gasteiger partial charge in [-0.3, -0.25) is 4.79 Å². The molecule has 25 heavy (non-hydrogen) atoms. The highest BCUT2D eigenvalue weighted by Crippen LogP contribution is 2.36. The molecule has 4 aromatic rings. The number of aryl methyl sites for hydroxylation is 1. The van der Waals surface area contributed by atoms with Gasteiger partial charge in [0.25, 0.3) is 0 Å². The van der Waals surface area contributed by atoms with E-state index in [0.29, 0.717) is 13.0 Å². The largest absolute Gasteiger partial charge is 0.356 e. The van der Waals surface area contributed by atoms with Crippen LogP contribution in [0.15, 0.2) is 54.6 Å². The Balaban J connectivity index is 1.67. The fourth-order valence-electron chi connectivity index (χ4n) is 3.77. The van der Waals surface area contributed by atoms with Crippen LogP contribution in [-0.4, -0.2) is 19.0 Å². The van der Waals surface area contributed by atoms with E-state index in [1.807, 2.05) is 0 Å². The molecule has 0 aromatic heterocycles. The van der Waals surface area contributed by atoms with Crippen LogP contribution in [0, 0.1) is 0 Å². The number of hydrogen-bond donors (Lipinski definition) is 2. The molecule has 0 aliphatic carbocycles. The van der Waals surface area contributed by atoms with Crippen molar-refractivity contribution in [1.82, 2.24) is 5.32 Å². The molecule has 0 aliphatic heterocycles. The number of rotatable bonds is 6. The number of carbonyl (C=O) groups excluding carboxylic acids is 1. The summed E-state index contributed by atoms with van der Waals surface area (Å²) >= 11 is 0. The van der Waals surface area contributed by atoms with Crippen molar-refractivity contribution in [1.29, 1.82) is 0 Å². The van der Waals surface area contributed by atoms with Gasteiger partial charge in [0.15, 0.2) is 0 Å². The van der Waals surface area contributed by atoms with E-state index in [2.05, 4.69) is 65.6 Å². The molecule has 0 radical (unpaired) electrons. The smallest absolute Gasteiger partial charge is 0.220 e. The first-order valence-electron chi connectivity index (χ1n) is 8.99. The van der Waals surface area contributed by atoms with E-state index in [1.54, 1.807) is 0 Å². The summed E-state index contributed by atoms with van der Waals surface area (Å²) in [5, 5.41) is 10.8. The van der Waals surface area contributed by atoms with Gasteiger partial charge < -0.3 is 11.1 Å². The van der Waals surface area contributed by atoms with Crippen LogP contribution in [0.4, 0.5) is 0 Å². The van der Waals surface area contributed by atoms with Gasteiger partial charge in [-0.15, -0.1) is 0 Å². The maximum absolute atomic E-state index is 11.8. The zero-order chi connectivity index (χ0) is 17.2. The van der Waals surface area contributed by atoms with Crippen LogP contribution in [0.2, 0.25) is 0 Å². The minimum Gasteiger partial charge on any atom is -0.356 e. The average Bonchev–Trinajstić information content (AvgIpc) is 2.65. The fourth-order valence-corrected chi connectivity index (χ4v) is 3.77. The van der Waals surface area contributed by atoms with E-state index < -0.39 is 0 Å². The van der Waals surface area contributed by atoms with Crippen molar-refractivity contribution in [3.05, 3.63) is 60.2 Å². The van der Waals surface area contributed by atoms with Gasteiger partial charge in [0.05, 0.1) is 13.1 Å². The van der Waals surface area contributed by atoms with Gasteiger partial charge in [-0.1, -0.05) is 54.6 Å². The summed E-state index contributed by atoms with van der Waals surface area (Å²) in [6, 6.07) is 19.8. The van der Waals surface area contributed by atoms with Gasteiger partial charge in [-0.25, -0.2) is 0 Å². The van der Waals surface area contributed by atoms with E-state index in [9.17, 15) is 4.79 Å². The van der Waals surface area contributed by atoms with Crippen molar-refractivity contribution in [2.24, 2.45) is 0 Å². The summed E-state index contributed by atoms with van der Waals surface area (Å²) in [6.07, 6.45) is 2.36. The third-order valence-corrected chi connectivity index (χ3v) is 4.97. The van der Waals surface area contributed by atoms with Gasteiger partial charge in [0.1, 0.15) is 0 Å². The summed E-state index contributed by atoms with van der Waals surface area (Å²) in [5.41, 5.74) is 5.07. The van der Waals surface area contributed by atoms with E-state index in [4.69, 9.17) is 0 Å². The van der Waals surface area contributed by atoms with Gasteiger partial charge in [0, 0.05) is 6.42 Å². The van der Waals surface area contributed by atoms with Crippen LogP contribution in [0.3, 0.4) is 0 Å². The fraction of sp³-hybridized carbons (Fsp3) is 0.227. The van der Waals surface area contributed by atoms with Crippen molar-refractivity contribution < 1.29 is 10.5 Å². The van der Waals surface area contributed by atoms with Gasteiger partial charge in [0.2, 0.25) is 5.91 Å². The quantitative estimate of drug-likeness (QED) is 0.524. The second-order valence-corrected chi connectivity index (χ2v) is 6.64. The first-order valence-corrected chi connectivity index (χ1v) is 8.99. The van der Waals surface area contributed by atoms with E-state index >= 15 is 0 Å². The molecule has 4 aromatic carbocycles. The second-order valence-electron chi connectivity index (χ2n) is 6.64. The van der Waals surface area contributed by atoms with Crippen molar-refractivity contribution in [3.63, 3.8) is 0 Å². The number of nitrogens with one attached hydrogen (secondary N) is 1. The number of benzene rings is 4. The monoisotopic (exact) mass is 331 g/mol. The summed E-state index contributed by atoms with van der Waals surface area (Å²) in [4.78, 5) is 11.8. The Hall–Kier alpha value is -2.65. The maximum Gasteiger partial charge on any atom is 0.220 e. The summed E-state index contributed by atoms with van der Waals surface area (Å²) in [6.45, 7) is 1.40. The molecule has 0 atom stereocenters. The highest BCUT2D eigenvalue weighted by Gasteiger charge is 2.11. The number of amides is 1. The molecule has 0 saturated heterocycles. The average molecular weight is 331 g/mol. The SMILES string of the molecule is [NH3+]CCNC(=O)CCCc1ccc2ccc3cccc4ccc1c2c34. The van der Waals surface area contributed by atoms with Crippen LogP contribution >= 0.6 is 0 Å². The molecule has 3 nitrogen and oxygen atoms in total. The third kappa shape index (κ3) is 2.92. The first kappa shape index (κ1) is 15.9. The van der Waals surface area contributed by atoms with Crippen LogP contribution < -0.4 is 11.1 Å². The Morgan fingerprint density at radius 3 is 2.32 bits per heavy atom. The molecular weight excluding hydrogens is 308 g/mol. The van der Waals surface area contributed by atoms with Crippen molar-refractivity contribution >= 4 is 38.2 Å². The minimum absolute atomic E-state index is 0.126. The molecule has 4 N–H and O–H groups in total. The molecule has 0 spiro atoms. The number of carbonyl (C=O) groups is 1. The lowest BCUT2D eigenvalue weighted by Gasteiger charge is -2.13. The predicted molar refractivity (Wildman–Crippen MR) is 104 cm³/mol. The lowest BCUT2D eigenvalue weighted by Crippen LogP contribution is -2.54. The highest BCUT2D eigenvalue weighted by atomic mass is 16.1. The Labute approximate surface area is 147 Å². The van der Waals surface area contributed by atoms with Gasteiger partial charge in [-0.2, -0.15) is 0 Å². The lowest BCUT2D eigenvalue weighted by molar-refractivity contribution is -0.364. The molecule has 126 valence electrons. The Kier molecular flexibility index (Phi) is 4.24. The molecular formula is C22H23N2O+. The van der Waals surface area contributed by atoms with Gasteiger partial charge >= 0.3 is 0 Å². The summed E-state index contributed by atoms with van der Waals surface area (Å²) in [7, 11) is 0. The summed E-state index contributed by atoms with van der Waals surface area (Å²) < 4.78 is 0. The Morgan fingerprint density at radius 2 is 1.56 bits per heavy atom. The standard InChI is InChI=1S/C22H22N2O/c23-13-14-24-20(25)6-2-3-15-7-8-18-10-9-16-4-1-5-17-11-12-19(15)22(18)21(16)17/h1,4-5,7-12H,2-3,6,13-14,23H2,(H,24,25)/p+1. The topological polar surface area (TPSA) is 56.7 Å². The predicted octanol–water partition coefficient (Wildman–Crippen LogP) is 3.26. The number of quaternary nitrogens is 1. The molecule has 0 unspecified atom stereocenters. The second kappa shape index (κ2) is 6.69. The molecule has 0 fully saturated rings. The molecule has 1 amide bonds. The Morgan fingerprint density at radius 1 is 0.880 bits per heavy atom. The van der Waals surface area contributed by atoms with Crippen LogP contribution in [0.25, 0.3) is 32.3 Å². The van der Waals surface area contributed by atoms with E-state index in [0.717, 1.165) is 19.4 Å². The molecule has 0 aliphatic rings. The zero-order valence-corrected chi connectivity index (χ0v) is 14.3. The van der Waals surface area contributed by atoms with Gasteiger partial charge in [-0.05, 0) is 50.7 Å². The molecule has 4 rings (SSSR count). The van der Waals surface area contributed by atoms with Crippen molar-refractivity contribution in [2.75, 3.05) is 13.1 Å². The maximum atomic E-state index is 11.8. The lowest BCUT2D eigenvalue weighted by atomic mass is 9.90. The third-order valence-electron chi connectivity index (χ3n) is 4.97.